The second kappa shape index (κ2) is 14.3. The molecule has 0 aliphatic rings. The van der Waals surface area contributed by atoms with Crippen LogP contribution in [-0.2, 0) is 11.2 Å². The minimum atomic E-state index is -0.442. The van der Waals surface area contributed by atoms with Gasteiger partial charge >= 0.3 is 0 Å². The summed E-state index contributed by atoms with van der Waals surface area (Å²) in [5.74, 6) is 0.824. The molecule has 1 atom stereocenters. The Labute approximate surface area is 231 Å². The van der Waals surface area contributed by atoms with Crippen LogP contribution in [0.25, 0.3) is 0 Å². The van der Waals surface area contributed by atoms with Crippen LogP contribution in [0.1, 0.15) is 47.7 Å². The van der Waals surface area contributed by atoms with Crippen molar-refractivity contribution in [3.05, 3.63) is 94.0 Å². The van der Waals surface area contributed by atoms with Crippen molar-refractivity contribution in [1.82, 2.24) is 16.2 Å². The molecular formula is C28H30BrN3O4S. The number of hydrogen-bond donors (Lipinski definition) is 3. The maximum Gasteiger partial charge on any atom is 0.276 e. The lowest BCUT2D eigenvalue weighted by Gasteiger charge is -2.13. The number of nitrogens with one attached hydrogen (secondary N) is 3. The number of thiocarbonyl (C=S) groups is 1. The van der Waals surface area contributed by atoms with Gasteiger partial charge in [-0.05, 0) is 81.9 Å². The zero-order valence-electron chi connectivity index (χ0n) is 20.8. The summed E-state index contributed by atoms with van der Waals surface area (Å²) in [6.07, 6.45) is 1.83. The standard InChI is InChI=1S/C28H30BrN3O4S/c1-3-19(2)21-9-12-23(13-10-21)36-18-26(33)31-32-28(37)30-27(34)22-11-14-25(24(29)17-22)35-16-15-20-7-5-4-6-8-20/h4-14,17,19H,3,15-16,18H2,1-2H3,(H,31,33)(H2,30,32,34,37). The van der Waals surface area contributed by atoms with Crippen molar-refractivity contribution in [2.24, 2.45) is 0 Å². The van der Waals surface area contributed by atoms with E-state index in [0.717, 1.165) is 12.8 Å². The molecule has 0 aromatic heterocycles. The molecule has 2 amide bonds. The minimum absolute atomic E-state index is 0.0458. The molecule has 37 heavy (non-hydrogen) atoms. The number of carbonyl (C=O) groups excluding carboxylic acids is 2. The van der Waals surface area contributed by atoms with Gasteiger partial charge in [0.05, 0.1) is 11.1 Å². The van der Waals surface area contributed by atoms with E-state index in [0.29, 0.717) is 34.1 Å². The van der Waals surface area contributed by atoms with E-state index in [1.165, 1.54) is 11.1 Å². The van der Waals surface area contributed by atoms with Gasteiger partial charge in [-0.25, -0.2) is 0 Å². The Morgan fingerprint density at radius 3 is 2.38 bits per heavy atom. The fourth-order valence-electron chi connectivity index (χ4n) is 3.33. The Morgan fingerprint density at radius 2 is 1.70 bits per heavy atom. The van der Waals surface area contributed by atoms with E-state index in [-0.39, 0.29) is 11.7 Å². The lowest BCUT2D eigenvalue weighted by Crippen LogP contribution is -2.49. The topological polar surface area (TPSA) is 88.7 Å². The van der Waals surface area contributed by atoms with Gasteiger partial charge in [0, 0.05) is 12.0 Å². The number of rotatable bonds is 10. The first-order chi connectivity index (χ1) is 17.9. The van der Waals surface area contributed by atoms with Crippen molar-refractivity contribution in [1.29, 1.82) is 0 Å². The lowest BCUT2D eigenvalue weighted by molar-refractivity contribution is -0.123. The molecule has 0 saturated heterocycles. The molecule has 0 heterocycles. The largest absolute Gasteiger partial charge is 0.492 e. The van der Waals surface area contributed by atoms with E-state index in [9.17, 15) is 9.59 Å². The predicted octanol–water partition coefficient (Wildman–Crippen LogP) is 5.30. The van der Waals surface area contributed by atoms with Gasteiger partial charge in [-0.15, -0.1) is 0 Å². The molecule has 1 unspecified atom stereocenters. The summed E-state index contributed by atoms with van der Waals surface area (Å²) in [6, 6.07) is 22.7. The van der Waals surface area contributed by atoms with Crippen molar-refractivity contribution in [3.8, 4) is 11.5 Å². The molecule has 0 saturated carbocycles. The van der Waals surface area contributed by atoms with Gasteiger partial charge in [0.2, 0.25) is 0 Å². The van der Waals surface area contributed by atoms with Crippen LogP contribution in [0.5, 0.6) is 11.5 Å². The van der Waals surface area contributed by atoms with Crippen LogP contribution < -0.4 is 25.6 Å². The van der Waals surface area contributed by atoms with E-state index in [2.05, 4.69) is 45.9 Å². The zero-order chi connectivity index (χ0) is 26.6. The molecule has 0 bridgehead atoms. The third kappa shape index (κ3) is 9.18. The molecule has 3 aromatic rings. The van der Waals surface area contributed by atoms with Crippen molar-refractivity contribution in [2.45, 2.75) is 32.6 Å². The smallest absolute Gasteiger partial charge is 0.276 e. The molecule has 0 aliphatic heterocycles. The number of ether oxygens (including phenoxy) is 2. The van der Waals surface area contributed by atoms with E-state index >= 15 is 0 Å². The second-order valence-electron chi connectivity index (χ2n) is 8.35. The number of hydrogen-bond acceptors (Lipinski definition) is 5. The maximum absolute atomic E-state index is 12.5. The molecule has 0 aliphatic carbocycles. The van der Waals surface area contributed by atoms with Gasteiger partial charge in [-0.3, -0.25) is 25.8 Å². The zero-order valence-corrected chi connectivity index (χ0v) is 23.2. The highest BCUT2D eigenvalue weighted by Crippen LogP contribution is 2.26. The Bertz CT molecular complexity index is 1210. The number of halogens is 1. The summed E-state index contributed by atoms with van der Waals surface area (Å²) in [6.45, 7) is 4.60. The third-order valence-corrected chi connectivity index (χ3v) is 6.48. The summed E-state index contributed by atoms with van der Waals surface area (Å²) in [4.78, 5) is 24.6. The van der Waals surface area contributed by atoms with Gasteiger partial charge in [-0.1, -0.05) is 56.3 Å². The molecule has 9 heteroatoms. The van der Waals surface area contributed by atoms with Gasteiger partial charge in [0.15, 0.2) is 11.7 Å². The average Bonchev–Trinajstić information content (AvgIpc) is 2.92. The van der Waals surface area contributed by atoms with Crippen LogP contribution in [0, 0.1) is 0 Å². The van der Waals surface area contributed by atoms with Crippen LogP contribution in [0.2, 0.25) is 0 Å². The van der Waals surface area contributed by atoms with E-state index in [1.807, 2.05) is 54.6 Å². The number of hydrazine groups is 1. The van der Waals surface area contributed by atoms with Crippen LogP contribution in [0.15, 0.2) is 77.3 Å². The highest BCUT2D eigenvalue weighted by atomic mass is 79.9. The van der Waals surface area contributed by atoms with Gasteiger partial charge in [-0.2, -0.15) is 0 Å². The minimum Gasteiger partial charge on any atom is -0.492 e. The van der Waals surface area contributed by atoms with E-state index in [1.54, 1.807) is 18.2 Å². The number of carbonyl (C=O) groups is 2. The Balaban J connectivity index is 1.39. The van der Waals surface area contributed by atoms with Gasteiger partial charge in [0.1, 0.15) is 11.5 Å². The first-order valence-electron chi connectivity index (χ1n) is 11.9. The van der Waals surface area contributed by atoms with Crippen LogP contribution in [-0.4, -0.2) is 30.1 Å². The first kappa shape index (κ1) is 28.1. The summed E-state index contributed by atoms with van der Waals surface area (Å²) >= 11 is 8.55. The molecule has 3 N–H and O–H groups in total. The fourth-order valence-corrected chi connectivity index (χ4v) is 3.97. The first-order valence-corrected chi connectivity index (χ1v) is 13.1. The van der Waals surface area contributed by atoms with Gasteiger partial charge < -0.3 is 9.47 Å². The Hall–Kier alpha value is -3.43. The molecule has 3 rings (SSSR count). The van der Waals surface area contributed by atoms with Crippen molar-refractivity contribution >= 4 is 45.1 Å². The molecule has 0 spiro atoms. The van der Waals surface area contributed by atoms with Gasteiger partial charge in [0.25, 0.3) is 11.8 Å². The van der Waals surface area contributed by atoms with Crippen molar-refractivity contribution in [3.63, 3.8) is 0 Å². The van der Waals surface area contributed by atoms with Crippen molar-refractivity contribution in [2.75, 3.05) is 13.2 Å². The van der Waals surface area contributed by atoms with Crippen molar-refractivity contribution < 1.29 is 19.1 Å². The number of benzene rings is 3. The molecule has 0 radical (unpaired) electrons. The van der Waals surface area contributed by atoms with E-state index in [4.69, 9.17) is 21.7 Å². The molecule has 7 nitrogen and oxygen atoms in total. The van der Waals surface area contributed by atoms with Crippen LogP contribution >= 0.6 is 28.1 Å². The predicted molar refractivity (Wildman–Crippen MR) is 152 cm³/mol. The Kier molecular flexibility index (Phi) is 10.9. The molecule has 194 valence electrons. The summed E-state index contributed by atoms with van der Waals surface area (Å²) in [7, 11) is 0. The summed E-state index contributed by atoms with van der Waals surface area (Å²) in [5.41, 5.74) is 7.69. The molecular weight excluding hydrogens is 554 g/mol. The highest BCUT2D eigenvalue weighted by Gasteiger charge is 2.12. The monoisotopic (exact) mass is 583 g/mol. The third-order valence-electron chi connectivity index (χ3n) is 5.66. The fraction of sp³-hybridized carbons (Fsp3) is 0.250. The highest BCUT2D eigenvalue weighted by molar-refractivity contribution is 9.10. The maximum atomic E-state index is 12.5. The SMILES string of the molecule is CCC(C)c1ccc(OCC(=O)NNC(=S)NC(=O)c2ccc(OCCc3ccccc3)c(Br)c2)cc1. The summed E-state index contributed by atoms with van der Waals surface area (Å²) in [5, 5.41) is 2.48. The molecule has 0 fully saturated rings. The average molecular weight is 585 g/mol. The second-order valence-corrected chi connectivity index (χ2v) is 9.62. The quantitative estimate of drug-likeness (QED) is 0.222. The lowest BCUT2D eigenvalue weighted by atomic mass is 9.99. The summed E-state index contributed by atoms with van der Waals surface area (Å²) < 4.78 is 12.0. The Morgan fingerprint density at radius 1 is 0.973 bits per heavy atom. The molecule has 3 aromatic carbocycles. The van der Waals surface area contributed by atoms with Crippen LogP contribution in [0.4, 0.5) is 0 Å². The normalized spacial score (nSPS) is 11.2. The van der Waals surface area contributed by atoms with Crippen LogP contribution in [0.3, 0.4) is 0 Å². The number of amides is 2. The van der Waals surface area contributed by atoms with E-state index < -0.39 is 11.8 Å².